The van der Waals surface area contributed by atoms with Gasteiger partial charge in [0.05, 0.1) is 10.7 Å². The van der Waals surface area contributed by atoms with Crippen LogP contribution in [0.25, 0.3) is 0 Å². The Morgan fingerprint density at radius 3 is 2.44 bits per heavy atom. The molecule has 0 aliphatic heterocycles. The van der Waals surface area contributed by atoms with E-state index < -0.39 is 0 Å². The van der Waals surface area contributed by atoms with Crippen LogP contribution in [-0.2, 0) is 5.88 Å². The Balaban J connectivity index is 2.52. The van der Waals surface area contributed by atoms with E-state index in [4.69, 9.17) is 23.2 Å². The fourth-order valence-electron chi connectivity index (χ4n) is 2.10. The average Bonchev–Trinajstić information content (AvgIpc) is 2.38. The zero-order valence-electron chi connectivity index (χ0n) is 10.5. The van der Waals surface area contributed by atoms with Gasteiger partial charge in [-0.05, 0) is 30.2 Å². The Kier molecular flexibility index (Phi) is 4.15. The van der Waals surface area contributed by atoms with Crippen LogP contribution in [0.5, 0.6) is 0 Å². The first-order valence-corrected chi connectivity index (χ1v) is 6.69. The Hall–Kier alpha value is -1.18. The summed E-state index contributed by atoms with van der Waals surface area (Å²) in [5.74, 6) is 0.451. The third-order valence-corrected chi connectivity index (χ3v) is 3.62. The summed E-state index contributed by atoms with van der Waals surface area (Å²) in [6, 6.07) is 14.0. The molecule has 0 spiro atoms. The quantitative estimate of drug-likeness (QED) is 0.702. The SMILES string of the molecule is Cc1ccccc1N(C)c1c(Cl)cccc1CCl. The summed E-state index contributed by atoms with van der Waals surface area (Å²) in [5.41, 5.74) is 4.36. The second-order valence-corrected chi connectivity index (χ2v) is 4.90. The lowest BCUT2D eigenvalue weighted by molar-refractivity contribution is 1.16. The number of benzene rings is 2. The van der Waals surface area contributed by atoms with Crippen molar-refractivity contribution in [1.29, 1.82) is 0 Å². The van der Waals surface area contributed by atoms with Crippen LogP contribution in [0, 0.1) is 6.92 Å². The highest BCUT2D eigenvalue weighted by Crippen LogP contribution is 2.35. The molecule has 0 N–H and O–H groups in total. The number of para-hydroxylation sites is 2. The number of hydrogen-bond acceptors (Lipinski definition) is 1. The topological polar surface area (TPSA) is 3.24 Å². The predicted octanol–water partition coefficient (Wildman–Crippen LogP) is 5.16. The molecule has 0 saturated carbocycles. The number of halogens is 2. The second-order valence-electron chi connectivity index (χ2n) is 4.23. The van der Waals surface area contributed by atoms with Crippen LogP contribution in [0.1, 0.15) is 11.1 Å². The van der Waals surface area contributed by atoms with Gasteiger partial charge in [-0.25, -0.2) is 0 Å². The van der Waals surface area contributed by atoms with Crippen LogP contribution in [0.3, 0.4) is 0 Å². The summed E-state index contributed by atoms with van der Waals surface area (Å²) < 4.78 is 0. The fourth-order valence-corrected chi connectivity index (χ4v) is 2.64. The van der Waals surface area contributed by atoms with E-state index in [2.05, 4.69) is 24.0 Å². The number of rotatable bonds is 3. The minimum Gasteiger partial charge on any atom is -0.343 e. The molecule has 0 bridgehead atoms. The van der Waals surface area contributed by atoms with Gasteiger partial charge in [-0.15, -0.1) is 11.6 Å². The smallest absolute Gasteiger partial charge is 0.0646 e. The number of alkyl halides is 1. The van der Waals surface area contributed by atoms with E-state index in [9.17, 15) is 0 Å². The largest absolute Gasteiger partial charge is 0.343 e. The van der Waals surface area contributed by atoms with Gasteiger partial charge in [0.15, 0.2) is 0 Å². The van der Waals surface area contributed by atoms with Crippen LogP contribution in [0.15, 0.2) is 42.5 Å². The summed E-state index contributed by atoms with van der Waals surface area (Å²) in [6.07, 6.45) is 0. The maximum absolute atomic E-state index is 6.30. The molecule has 0 aliphatic rings. The minimum absolute atomic E-state index is 0.451. The highest BCUT2D eigenvalue weighted by molar-refractivity contribution is 6.33. The van der Waals surface area contributed by atoms with Crippen molar-refractivity contribution >= 4 is 34.6 Å². The van der Waals surface area contributed by atoms with Crippen LogP contribution in [-0.4, -0.2) is 7.05 Å². The Bertz CT molecular complexity index is 552. The van der Waals surface area contributed by atoms with Gasteiger partial charge in [0.1, 0.15) is 0 Å². The molecular weight excluding hydrogens is 265 g/mol. The van der Waals surface area contributed by atoms with Crippen molar-refractivity contribution in [2.24, 2.45) is 0 Å². The molecule has 0 aliphatic carbocycles. The van der Waals surface area contributed by atoms with Crippen molar-refractivity contribution in [3.8, 4) is 0 Å². The molecule has 2 rings (SSSR count). The van der Waals surface area contributed by atoms with Crippen molar-refractivity contribution in [1.82, 2.24) is 0 Å². The van der Waals surface area contributed by atoms with Gasteiger partial charge in [-0.3, -0.25) is 0 Å². The standard InChI is InChI=1S/C15H15Cl2N/c1-11-6-3-4-9-14(11)18(2)15-12(10-16)7-5-8-13(15)17/h3-9H,10H2,1-2H3. The van der Waals surface area contributed by atoms with E-state index in [-0.39, 0.29) is 0 Å². The number of aryl methyl sites for hydroxylation is 1. The van der Waals surface area contributed by atoms with Crippen LogP contribution < -0.4 is 4.90 Å². The number of nitrogens with zero attached hydrogens (tertiary/aromatic N) is 1. The Morgan fingerprint density at radius 1 is 1.06 bits per heavy atom. The van der Waals surface area contributed by atoms with Gasteiger partial charge < -0.3 is 4.90 Å². The third-order valence-electron chi connectivity index (χ3n) is 3.03. The van der Waals surface area contributed by atoms with Crippen LogP contribution in [0.2, 0.25) is 5.02 Å². The Morgan fingerprint density at radius 2 is 1.78 bits per heavy atom. The van der Waals surface area contributed by atoms with E-state index in [0.717, 1.165) is 22.0 Å². The van der Waals surface area contributed by atoms with E-state index >= 15 is 0 Å². The molecule has 0 atom stereocenters. The molecule has 0 amide bonds. The summed E-state index contributed by atoms with van der Waals surface area (Å²) in [6.45, 7) is 2.09. The lowest BCUT2D eigenvalue weighted by Gasteiger charge is -2.25. The molecule has 2 aromatic carbocycles. The molecule has 0 radical (unpaired) electrons. The van der Waals surface area contributed by atoms with E-state index in [1.54, 1.807) is 0 Å². The van der Waals surface area contributed by atoms with Gasteiger partial charge in [0.2, 0.25) is 0 Å². The van der Waals surface area contributed by atoms with Crippen LogP contribution >= 0.6 is 23.2 Å². The van der Waals surface area contributed by atoms with Gasteiger partial charge in [0.25, 0.3) is 0 Å². The molecule has 18 heavy (non-hydrogen) atoms. The van der Waals surface area contributed by atoms with E-state index in [1.807, 2.05) is 37.4 Å². The van der Waals surface area contributed by atoms with Crippen molar-refractivity contribution in [2.75, 3.05) is 11.9 Å². The first kappa shape index (κ1) is 13.3. The highest BCUT2D eigenvalue weighted by Gasteiger charge is 2.13. The van der Waals surface area contributed by atoms with E-state index in [1.165, 1.54) is 5.56 Å². The lowest BCUT2D eigenvalue weighted by atomic mass is 10.1. The number of hydrogen-bond donors (Lipinski definition) is 0. The van der Waals surface area contributed by atoms with Crippen molar-refractivity contribution < 1.29 is 0 Å². The molecule has 94 valence electrons. The lowest BCUT2D eigenvalue weighted by Crippen LogP contribution is -2.13. The van der Waals surface area contributed by atoms with Gasteiger partial charge in [-0.2, -0.15) is 0 Å². The average molecular weight is 280 g/mol. The zero-order valence-corrected chi connectivity index (χ0v) is 12.0. The fraction of sp³-hybridized carbons (Fsp3) is 0.200. The molecule has 0 fully saturated rings. The molecule has 2 aromatic rings. The summed E-state index contributed by atoms with van der Waals surface area (Å²) in [4.78, 5) is 2.09. The summed E-state index contributed by atoms with van der Waals surface area (Å²) in [7, 11) is 2.01. The van der Waals surface area contributed by atoms with Gasteiger partial charge in [0, 0.05) is 18.6 Å². The molecule has 3 heteroatoms. The van der Waals surface area contributed by atoms with E-state index in [0.29, 0.717) is 5.88 Å². The molecular formula is C15H15Cl2N. The molecule has 0 unspecified atom stereocenters. The van der Waals surface area contributed by atoms with Crippen molar-refractivity contribution in [3.05, 3.63) is 58.6 Å². The summed E-state index contributed by atoms with van der Waals surface area (Å²) >= 11 is 12.3. The molecule has 0 saturated heterocycles. The normalized spacial score (nSPS) is 10.4. The first-order chi connectivity index (χ1) is 8.65. The van der Waals surface area contributed by atoms with Crippen LogP contribution in [0.4, 0.5) is 11.4 Å². The number of anilines is 2. The summed E-state index contributed by atoms with van der Waals surface area (Å²) in [5, 5.41) is 0.721. The highest BCUT2D eigenvalue weighted by atomic mass is 35.5. The molecule has 0 heterocycles. The first-order valence-electron chi connectivity index (χ1n) is 5.78. The van der Waals surface area contributed by atoms with Gasteiger partial charge >= 0.3 is 0 Å². The van der Waals surface area contributed by atoms with Crippen molar-refractivity contribution in [2.45, 2.75) is 12.8 Å². The van der Waals surface area contributed by atoms with Gasteiger partial charge in [-0.1, -0.05) is 41.9 Å². The maximum atomic E-state index is 6.30. The monoisotopic (exact) mass is 279 g/mol. The maximum Gasteiger partial charge on any atom is 0.0646 e. The molecule has 1 nitrogen and oxygen atoms in total. The second kappa shape index (κ2) is 5.64. The minimum atomic E-state index is 0.451. The zero-order chi connectivity index (χ0) is 13.1. The van der Waals surface area contributed by atoms with Crippen molar-refractivity contribution in [3.63, 3.8) is 0 Å². The third kappa shape index (κ3) is 2.47. The Labute approximate surface area is 118 Å². The predicted molar refractivity (Wildman–Crippen MR) is 80.3 cm³/mol. The molecule has 0 aromatic heterocycles.